The zero-order valence-electron chi connectivity index (χ0n) is 11.7. The van der Waals surface area contributed by atoms with Crippen LogP contribution >= 0.6 is 0 Å². The Kier molecular flexibility index (Phi) is 4.09. The topological polar surface area (TPSA) is 65.1 Å². The van der Waals surface area contributed by atoms with Crippen molar-refractivity contribution in [1.29, 1.82) is 0 Å². The Morgan fingerprint density at radius 1 is 1.45 bits per heavy atom. The van der Waals surface area contributed by atoms with Gasteiger partial charge in [0.05, 0.1) is 0 Å². The predicted octanol–water partition coefficient (Wildman–Crippen LogP) is 2.59. The third-order valence-electron chi connectivity index (χ3n) is 3.69. The van der Waals surface area contributed by atoms with Crippen molar-refractivity contribution < 1.29 is 14.3 Å². The first-order chi connectivity index (χ1) is 9.47. The summed E-state index contributed by atoms with van der Waals surface area (Å²) in [7, 11) is 0. The van der Waals surface area contributed by atoms with Crippen LogP contribution in [0.4, 0.5) is 4.39 Å². The van der Waals surface area contributed by atoms with Crippen LogP contribution in [0.15, 0.2) is 24.3 Å². The lowest BCUT2D eigenvalue weighted by Gasteiger charge is -2.28. The molecule has 1 aromatic carbocycles. The van der Waals surface area contributed by atoms with E-state index in [0.29, 0.717) is 23.9 Å². The molecule has 1 unspecified atom stereocenters. The number of aromatic nitrogens is 1. The van der Waals surface area contributed by atoms with Gasteiger partial charge in [0.2, 0.25) is 0 Å². The van der Waals surface area contributed by atoms with Crippen molar-refractivity contribution in [3.8, 4) is 0 Å². The van der Waals surface area contributed by atoms with Crippen LogP contribution in [0.3, 0.4) is 0 Å². The number of rotatable bonds is 5. The zero-order chi connectivity index (χ0) is 14.8. The number of halogens is 1. The smallest absolute Gasteiger partial charge is 0.268 e. The highest BCUT2D eigenvalue weighted by molar-refractivity contribution is 5.98. The molecule has 0 aliphatic carbocycles. The van der Waals surface area contributed by atoms with Crippen molar-refractivity contribution in [2.75, 3.05) is 6.61 Å². The first kappa shape index (κ1) is 14.5. The van der Waals surface area contributed by atoms with Crippen molar-refractivity contribution in [2.45, 2.75) is 32.2 Å². The Balaban J connectivity index is 2.22. The normalized spacial score (nSPS) is 14.2. The van der Waals surface area contributed by atoms with Crippen LogP contribution in [-0.4, -0.2) is 28.1 Å². The average Bonchev–Trinajstić information content (AvgIpc) is 2.82. The number of aromatic amines is 1. The van der Waals surface area contributed by atoms with E-state index in [1.54, 1.807) is 12.1 Å². The number of hydrogen-bond acceptors (Lipinski definition) is 2. The number of aliphatic hydroxyl groups excluding tert-OH is 1. The molecule has 1 heterocycles. The van der Waals surface area contributed by atoms with Crippen LogP contribution < -0.4 is 5.32 Å². The Morgan fingerprint density at radius 2 is 2.20 bits per heavy atom. The molecule has 0 bridgehead atoms. The Hall–Kier alpha value is -1.88. The first-order valence-electron chi connectivity index (χ1n) is 6.69. The molecule has 3 N–H and O–H groups in total. The molecule has 2 rings (SSSR count). The van der Waals surface area contributed by atoms with Gasteiger partial charge in [-0.05, 0) is 44.0 Å². The summed E-state index contributed by atoms with van der Waals surface area (Å²) in [6.45, 7) is 3.86. The number of H-pyrrole nitrogens is 1. The number of carbonyl (C=O) groups is 1. The summed E-state index contributed by atoms with van der Waals surface area (Å²) in [5.74, 6) is -0.582. The van der Waals surface area contributed by atoms with E-state index in [-0.39, 0.29) is 18.3 Å². The van der Waals surface area contributed by atoms with E-state index >= 15 is 0 Å². The van der Waals surface area contributed by atoms with E-state index in [1.165, 1.54) is 12.1 Å². The lowest BCUT2D eigenvalue weighted by Crippen LogP contribution is -2.46. The summed E-state index contributed by atoms with van der Waals surface area (Å²) in [6, 6.07) is 5.97. The quantitative estimate of drug-likeness (QED) is 0.787. The molecule has 4 nitrogen and oxygen atoms in total. The standard InChI is InChI=1S/C15H19FN2O2/c1-3-15(2,6-7-19)18-14(20)13-9-10-8-11(16)4-5-12(10)17-13/h4-5,8-9,17,19H,3,6-7H2,1-2H3,(H,18,20). The summed E-state index contributed by atoms with van der Waals surface area (Å²) in [5, 5.41) is 12.6. The maximum Gasteiger partial charge on any atom is 0.268 e. The van der Waals surface area contributed by atoms with Gasteiger partial charge in [0.15, 0.2) is 0 Å². The molecule has 1 aromatic heterocycles. The van der Waals surface area contributed by atoms with Crippen molar-refractivity contribution >= 4 is 16.8 Å². The highest BCUT2D eigenvalue weighted by Crippen LogP contribution is 2.19. The van der Waals surface area contributed by atoms with Crippen LogP contribution in [0, 0.1) is 5.82 Å². The minimum absolute atomic E-state index is 0.0164. The SMILES string of the molecule is CCC(C)(CCO)NC(=O)c1cc2cc(F)ccc2[nH]1. The highest BCUT2D eigenvalue weighted by atomic mass is 19.1. The van der Waals surface area contributed by atoms with Gasteiger partial charge in [-0.1, -0.05) is 6.92 Å². The number of hydrogen-bond donors (Lipinski definition) is 3. The first-order valence-corrected chi connectivity index (χ1v) is 6.69. The lowest BCUT2D eigenvalue weighted by atomic mass is 9.95. The Bertz CT molecular complexity index is 623. The average molecular weight is 278 g/mol. The Morgan fingerprint density at radius 3 is 2.85 bits per heavy atom. The van der Waals surface area contributed by atoms with Crippen LogP contribution in [-0.2, 0) is 0 Å². The van der Waals surface area contributed by atoms with E-state index < -0.39 is 5.54 Å². The van der Waals surface area contributed by atoms with Gasteiger partial charge < -0.3 is 15.4 Å². The van der Waals surface area contributed by atoms with Crippen molar-refractivity contribution in [1.82, 2.24) is 10.3 Å². The molecular formula is C15H19FN2O2. The number of benzene rings is 1. The van der Waals surface area contributed by atoms with Crippen molar-refractivity contribution in [2.24, 2.45) is 0 Å². The molecule has 5 heteroatoms. The second-order valence-corrected chi connectivity index (χ2v) is 5.26. The lowest BCUT2D eigenvalue weighted by molar-refractivity contribution is 0.0882. The van der Waals surface area contributed by atoms with Crippen LogP contribution in [0.25, 0.3) is 10.9 Å². The molecule has 0 aliphatic rings. The molecule has 0 spiro atoms. The second kappa shape index (κ2) is 5.63. The van der Waals surface area contributed by atoms with Gasteiger partial charge in [0.25, 0.3) is 5.91 Å². The van der Waals surface area contributed by atoms with Gasteiger partial charge in [-0.3, -0.25) is 4.79 Å². The molecular weight excluding hydrogens is 259 g/mol. The number of aliphatic hydroxyl groups is 1. The van der Waals surface area contributed by atoms with E-state index in [2.05, 4.69) is 10.3 Å². The summed E-state index contributed by atoms with van der Waals surface area (Å²) in [5.41, 5.74) is 0.661. The van der Waals surface area contributed by atoms with Crippen LogP contribution in [0.1, 0.15) is 37.2 Å². The fourth-order valence-corrected chi connectivity index (χ4v) is 2.14. The van der Waals surface area contributed by atoms with Gasteiger partial charge in [0, 0.05) is 23.0 Å². The number of amides is 1. The van der Waals surface area contributed by atoms with Crippen molar-refractivity contribution in [3.63, 3.8) is 0 Å². The van der Waals surface area contributed by atoms with Gasteiger partial charge in [0.1, 0.15) is 11.5 Å². The molecule has 0 saturated heterocycles. The Labute approximate surface area is 117 Å². The summed E-state index contributed by atoms with van der Waals surface area (Å²) in [6.07, 6.45) is 1.21. The molecule has 0 aliphatic heterocycles. The molecule has 20 heavy (non-hydrogen) atoms. The third kappa shape index (κ3) is 2.99. The maximum atomic E-state index is 13.1. The van der Waals surface area contributed by atoms with Gasteiger partial charge in [-0.15, -0.1) is 0 Å². The fraction of sp³-hybridized carbons (Fsp3) is 0.400. The van der Waals surface area contributed by atoms with E-state index in [1.807, 2.05) is 13.8 Å². The van der Waals surface area contributed by atoms with Gasteiger partial charge in [-0.25, -0.2) is 4.39 Å². The van der Waals surface area contributed by atoms with Crippen LogP contribution in [0.2, 0.25) is 0 Å². The number of carbonyl (C=O) groups excluding carboxylic acids is 1. The second-order valence-electron chi connectivity index (χ2n) is 5.26. The summed E-state index contributed by atoms with van der Waals surface area (Å²) >= 11 is 0. The third-order valence-corrected chi connectivity index (χ3v) is 3.69. The maximum absolute atomic E-state index is 13.1. The molecule has 1 amide bonds. The monoisotopic (exact) mass is 278 g/mol. The number of fused-ring (bicyclic) bond motifs is 1. The summed E-state index contributed by atoms with van der Waals surface area (Å²) in [4.78, 5) is 15.2. The fourth-order valence-electron chi connectivity index (χ4n) is 2.14. The van der Waals surface area contributed by atoms with E-state index in [9.17, 15) is 9.18 Å². The molecule has 108 valence electrons. The number of nitrogens with one attached hydrogen (secondary N) is 2. The zero-order valence-corrected chi connectivity index (χ0v) is 11.7. The highest BCUT2D eigenvalue weighted by Gasteiger charge is 2.24. The van der Waals surface area contributed by atoms with Gasteiger partial charge >= 0.3 is 0 Å². The minimum atomic E-state index is -0.450. The van der Waals surface area contributed by atoms with Crippen molar-refractivity contribution in [3.05, 3.63) is 35.8 Å². The summed E-state index contributed by atoms with van der Waals surface area (Å²) < 4.78 is 13.1. The molecule has 0 saturated carbocycles. The molecule has 2 aromatic rings. The van der Waals surface area contributed by atoms with E-state index in [0.717, 1.165) is 5.52 Å². The predicted molar refractivity (Wildman–Crippen MR) is 76.1 cm³/mol. The largest absolute Gasteiger partial charge is 0.396 e. The van der Waals surface area contributed by atoms with Gasteiger partial charge in [-0.2, -0.15) is 0 Å². The molecule has 1 atom stereocenters. The minimum Gasteiger partial charge on any atom is -0.396 e. The van der Waals surface area contributed by atoms with E-state index in [4.69, 9.17) is 5.11 Å². The van der Waals surface area contributed by atoms with Crippen LogP contribution in [0.5, 0.6) is 0 Å². The molecule has 0 radical (unpaired) electrons. The molecule has 0 fully saturated rings.